The number of methoxy groups -OCH3 is 1. The van der Waals surface area contributed by atoms with Gasteiger partial charge in [0.15, 0.2) is 0 Å². The predicted molar refractivity (Wildman–Crippen MR) is 60.3 cm³/mol. The first-order valence-electron chi connectivity index (χ1n) is 4.95. The number of carbonyl (C=O) groups is 1. The topological polar surface area (TPSA) is 77.0 Å². The molecule has 0 amide bonds. The number of ether oxygens (including phenoxy) is 1. The van der Waals surface area contributed by atoms with Crippen molar-refractivity contribution in [2.75, 3.05) is 7.11 Å². The van der Waals surface area contributed by atoms with Gasteiger partial charge in [0.25, 0.3) is 5.56 Å². The van der Waals surface area contributed by atoms with E-state index in [0.29, 0.717) is 5.69 Å². The van der Waals surface area contributed by atoms with Crippen LogP contribution in [-0.4, -0.2) is 27.8 Å². The number of aromatic amines is 1. The van der Waals surface area contributed by atoms with E-state index in [-0.39, 0.29) is 11.3 Å². The molecular weight excluding hydrogens is 222 g/mol. The molecule has 6 heteroatoms. The van der Waals surface area contributed by atoms with Gasteiger partial charge in [0.2, 0.25) is 0 Å². The van der Waals surface area contributed by atoms with Gasteiger partial charge in [-0.05, 0) is 19.1 Å². The molecule has 0 aliphatic heterocycles. The minimum absolute atomic E-state index is 0.171. The zero-order chi connectivity index (χ0) is 12.4. The van der Waals surface area contributed by atoms with Crippen molar-refractivity contribution in [3.8, 4) is 5.69 Å². The molecule has 1 N–H and O–H groups in total. The van der Waals surface area contributed by atoms with E-state index in [9.17, 15) is 9.59 Å². The summed E-state index contributed by atoms with van der Waals surface area (Å²) in [4.78, 5) is 26.6. The highest BCUT2D eigenvalue weighted by Gasteiger charge is 2.08. The zero-order valence-electron chi connectivity index (χ0n) is 9.43. The van der Waals surface area contributed by atoms with Crippen molar-refractivity contribution >= 4 is 5.97 Å². The van der Waals surface area contributed by atoms with Crippen molar-refractivity contribution in [2.45, 2.75) is 6.92 Å². The fourth-order valence-electron chi connectivity index (χ4n) is 1.45. The summed E-state index contributed by atoms with van der Waals surface area (Å²) in [7, 11) is 1.29. The van der Waals surface area contributed by atoms with Gasteiger partial charge in [-0.15, -0.1) is 0 Å². The minimum Gasteiger partial charge on any atom is -0.464 e. The molecule has 2 heterocycles. The lowest BCUT2D eigenvalue weighted by atomic mass is 10.3. The molecule has 17 heavy (non-hydrogen) atoms. The number of aromatic nitrogens is 3. The average Bonchev–Trinajstić information content (AvgIpc) is 2.68. The number of nitrogens with one attached hydrogen (secondary N) is 1. The lowest BCUT2D eigenvalue weighted by molar-refractivity contribution is 0.0594. The summed E-state index contributed by atoms with van der Waals surface area (Å²) >= 11 is 0. The van der Waals surface area contributed by atoms with Crippen LogP contribution in [-0.2, 0) is 4.74 Å². The quantitative estimate of drug-likeness (QED) is 0.773. The van der Waals surface area contributed by atoms with Gasteiger partial charge < -0.3 is 4.74 Å². The van der Waals surface area contributed by atoms with Gasteiger partial charge in [-0.25, -0.2) is 14.5 Å². The maximum Gasteiger partial charge on any atom is 0.356 e. The summed E-state index contributed by atoms with van der Waals surface area (Å²) < 4.78 is 5.88. The van der Waals surface area contributed by atoms with E-state index in [1.54, 1.807) is 13.0 Å². The van der Waals surface area contributed by atoms with Gasteiger partial charge in [-0.2, -0.15) is 0 Å². The van der Waals surface area contributed by atoms with Crippen molar-refractivity contribution in [1.29, 1.82) is 0 Å². The first-order chi connectivity index (χ1) is 8.11. The Morgan fingerprint density at radius 2 is 2.24 bits per heavy atom. The van der Waals surface area contributed by atoms with E-state index < -0.39 is 5.97 Å². The summed E-state index contributed by atoms with van der Waals surface area (Å²) in [5.74, 6) is -0.508. The van der Waals surface area contributed by atoms with Gasteiger partial charge in [-0.1, -0.05) is 0 Å². The number of rotatable bonds is 2. The maximum absolute atomic E-state index is 11.5. The summed E-state index contributed by atoms with van der Waals surface area (Å²) in [6.45, 7) is 1.79. The van der Waals surface area contributed by atoms with Crippen LogP contribution in [0.15, 0.2) is 29.2 Å². The first-order valence-corrected chi connectivity index (χ1v) is 4.95. The average molecular weight is 233 g/mol. The SMILES string of the molecule is COC(=O)c1ccc(-n2[nH]c(C)cc2=O)cn1. The van der Waals surface area contributed by atoms with Crippen LogP contribution in [0.3, 0.4) is 0 Å². The van der Waals surface area contributed by atoms with Gasteiger partial charge >= 0.3 is 5.97 Å². The molecule has 0 spiro atoms. The summed E-state index contributed by atoms with van der Waals surface area (Å²) in [5.41, 5.74) is 1.35. The molecule has 0 bridgehead atoms. The molecule has 2 rings (SSSR count). The third-order valence-corrected chi connectivity index (χ3v) is 2.25. The number of H-pyrrole nitrogens is 1. The number of carbonyl (C=O) groups excluding carboxylic acids is 1. The van der Waals surface area contributed by atoms with Crippen LogP contribution in [0.1, 0.15) is 16.2 Å². The first kappa shape index (κ1) is 11.1. The van der Waals surface area contributed by atoms with Crippen LogP contribution in [0.25, 0.3) is 5.69 Å². The van der Waals surface area contributed by atoms with Crippen molar-refractivity contribution in [3.63, 3.8) is 0 Å². The summed E-state index contributed by atoms with van der Waals surface area (Å²) in [5, 5.41) is 2.87. The molecule has 0 saturated heterocycles. The fourth-order valence-corrected chi connectivity index (χ4v) is 1.45. The second-order valence-electron chi connectivity index (χ2n) is 3.51. The number of hydrogen-bond acceptors (Lipinski definition) is 4. The van der Waals surface area contributed by atoms with Crippen LogP contribution in [0.4, 0.5) is 0 Å². The van der Waals surface area contributed by atoms with Crippen LogP contribution in [0.2, 0.25) is 0 Å². The molecule has 0 atom stereocenters. The summed E-state index contributed by atoms with van der Waals surface area (Å²) in [6.07, 6.45) is 1.43. The third kappa shape index (κ3) is 2.10. The molecule has 0 radical (unpaired) electrons. The van der Waals surface area contributed by atoms with Gasteiger partial charge in [-0.3, -0.25) is 9.89 Å². The van der Waals surface area contributed by atoms with Crippen LogP contribution in [0, 0.1) is 6.92 Å². The van der Waals surface area contributed by atoms with Crippen LogP contribution < -0.4 is 5.56 Å². The Bertz CT molecular complexity index is 595. The van der Waals surface area contributed by atoms with E-state index in [0.717, 1.165) is 5.69 Å². The molecule has 0 aliphatic rings. The highest BCUT2D eigenvalue weighted by atomic mass is 16.5. The Labute approximate surface area is 96.8 Å². The highest BCUT2D eigenvalue weighted by Crippen LogP contribution is 2.05. The lowest BCUT2D eigenvalue weighted by Gasteiger charge is -2.02. The molecular formula is C11H11N3O3. The van der Waals surface area contributed by atoms with Crippen molar-refractivity contribution < 1.29 is 9.53 Å². The molecule has 0 fully saturated rings. The summed E-state index contributed by atoms with van der Waals surface area (Å²) in [6, 6.07) is 4.61. The van der Waals surface area contributed by atoms with Gasteiger partial charge in [0, 0.05) is 11.8 Å². The Balaban J connectivity index is 2.39. The molecule has 0 saturated carbocycles. The van der Waals surface area contributed by atoms with E-state index in [1.807, 2.05) is 0 Å². The molecule has 88 valence electrons. The second kappa shape index (κ2) is 4.25. The molecule has 2 aromatic heterocycles. The van der Waals surface area contributed by atoms with E-state index in [1.165, 1.54) is 30.1 Å². The third-order valence-electron chi connectivity index (χ3n) is 2.25. The number of esters is 1. The molecule has 2 aromatic rings. The molecule has 0 unspecified atom stereocenters. The lowest BCUT2D eigenvalue weighted by Crippen LogP contribution is -2.14. The highest BCUT2D eigenvalue weighted by molar-refractivity contribution is 5.87. The minimum atomic E-state index is -0.508. The smallest absolute Gasteiger partial charge is 0.356 e. The predicted octanol–water partition coefficient (Wildman–Crippen LogP) is 0.656. The monoisotopic (exact) mass is 233 g/mol. The van der Waals surface area contributed by atoms with Gasteiger partial charge in [0.1, 0.15) is 5.69 Å². The zero-order valence-corrected chi connectivity index (χ0v) is 9.43. The molecule has 0 aromatic carbocycles. The number of nitrogens with zero attached hydrogens (tertiary/aromatic N) is 2. The van der Waals surface area contributed by atoms with Crippen LogP contribution in [0.5, 0.6) is 0 Å². The Kier molecular flexibility index (Phi) is 2.78. The van der Waals surface area contributed by atoms with E-state index in [2.05, 4.69) is 14.8 Å². The van der Waals surface area contributed by atoms with Crippen LogP contribution >= 0.6 is 0 Å². The van der Waals surface area contributed by atoms with Crippen molar-refractivity contribution in [2.24, 2.45) is 0 Å². The number of aryl methyl sites for hydroxylation is 1. The molecule has 6 nitrogen and oxygen atoms in total. The maximum atomic E-state index is 11.5. The van der Waals surface area contributed by atoms with E-state index in [4.69, 9.17) is 0 Å². The van der Waals surface area contributed by atoms with Crippen molar-refractivity contribution in [3.05, 3.63) is 46.1 Å². The largest absolute Gasteiger partial charge is 0.464 e. The number of hydrogen-bond donors (Lipinski definition) is 1. The standard InChI is InChI=1S/C11H11N3O3/c1-7-5-10(15)14(13-7)8-3-4-9(12-6-8)11(16)17-2/h3-6,13H,1-2H3. The van der Waals surface area contributed by atoms with Gasteiger partial charge in [0.05, 0.1) is 19.0 Å². The van der Waals surface area contributed by atoms with E-state index >= 15 is 0 Å². The van der Waals surface area contributed by atoms with Crippen molar-refractivity contribution in [1.82, 2.24) is 14.8 Å². The normalized spacial score (nSPS) is 10.2. The second-order valence-corrected chi connectivity index (χ2v) is 3.51. The number of pyridine rings is 1. The fraction of sp³-hybridized carbons (Fsp3) is 0.182. The molecule has 0 aliphatic carbocycles. The Hall–Kier alpha value is -2.37. The Morgan fingerprint density at radius 1 is 1.47 bits per heavy atom. The Morgan fingerprint density at radius 3 is 2.71 bits per heavy atom.